The number of nitrogens with one attached hydrogen (secondary N) is 2. The Bertz CT molecular complexity index is 920. The third-order valence-electron chi connectivity index (χ3n) is 3.24. The predicted octanol–water partition coefficient (Wildman–Crippen LogP) is 5.06. The van der Waals surface area contributed by atoms with E-state index in [9.17, 15) is 4.79 Å². The minimum atomic E-state index is -0.110. The topological polar surface area (TPSA) is 76.1 Å². The van der Waals surface area contributed by atoms with Gasteiger partial charge in [0.1, 0.15) is 5.75 Å². The summed E-state index contributed by atoms with van der Waals surface area (Å²) < 4.78 is 6.50. The zero-order valence-corrected chi connectivity index (χ0v) is 16.8. The Kier molecular flexibility index (Phi) is 6.92. The highest BCUT2D eigenvalue weighted by molar-refractivity contribution is 8.01. The Morgan fingerprint density at radius 3 is 2.81 bits per heavy atom. The van der Waals surface area contributed by atoms with Gasteiger partial charge in [0.05, 0.1) is 11.6 Å². The van der Waals surface area contributed by atoms with E-state index in [1.807, 2.05) is 42.5 Å². The molecule has 0 saturated carbocycles. The number of anilines is 3. The van der Waals surface area contributed by atoms with Crippen molar-refractivity contribution in [3.05, 3.63) is 53.6 Å². The van der Waals surface area contributed by atoms with E-state index in [4.69, 9.17) is 16.3 Å². The standard InChI is InChI=1S/C18H17ClN4O2S2/c1-12(24)20-13-5-4-6-14(11-13)21-17-22-23-18(27-17)26-10-9-25-16-8-3-2-7-15(16)19/h2-8,11H,9-10H2,1H3,(H,20,24)(H,21,22). The van der Waals surface area contributed by atoms with E-state index in [1.165, 1.54) is 18.3 Å². The monoisotopic (exact) mass is 420 g/mol. The van der Waals surface area contributed by atoms with E-state index in [2.05, 4.69) is 20.8 Å². The summed E-state index contributed by atoms with van der Waals surface area (Å²) in [5.74, 6) is 1.30. The second-order valence-electron chi connectivity index (χ2n) is 5.39. The summed E-state index contributed by atoms with van der Waals surface area (Å²) >= 11 is 9.08. The first-order valence-corrected chi connectivity index (χ1v) is 10.3. The van der Waals surface area contributed by atoms with Gasteiger partial charge in [0.25, 0.3) is 0 Å². The Hall–Kier alpha value is -2.29. The Morgan fingerprint density at radius 1 is 1.19 bits per heavy atom. The maximum Gasteiger partial charge on any atom is 0.221 e. The Labute approximate surface area is 170 Å². The highest BCUT2D eigenvalue weighted by Crippen LogP contribution is 2.29. The second-order valence-corrected chi connectivity index (χ2v) is 8.11. The first-order chi connectivity index (χ1) is 13.1. The summed E-state index contributed by atoms with van der Waals surface area (Å²) in [5, 5.41) is 15.5. The Balaban J connectivity index is 1.48. The van der Waals surface area contributed by atoms with Crippen LogP contribution in [0.5, 0.6) is 5.75 Å². The van der Waals surface area contributed by atoms with Gasteiger partial charge in [0.15, 0.2) is 4.34 Å². The number of hydrogen-bond donors (Lipinski definition) is 2. The van der Waals surface area contributed by atoms with Gasteiger partial charge < -0.3 is 15.4 Å². The molecule has 0 radical (unpaired) electrons. The number of halogens is 1. The molecule has 0 aliphatic carbocycles. The summed E-state index contributed by atoms with van der Waals surface area (Å²) in [4.78, 5) is 11.1. The molecule has 0 spiro atoms. The summed E-state index contributed by atoms with van der Waals surface area (Å²) in [6, 6.07) is 14.8. The maximum absolute atomic E-state index is 11.1. The molecule has 0 bridgehead atoms. The maximum atomic E-state index is 11.1. The summed E-state index contributed by atoms with van der Waals surface area (Å²) in [7, 11) is 0. The van der Waals surface area contributed by atoms with Crippen molar-refractivity contribution in [3.8, 4) is 5.75 Å². The van der Waals surface area contributed by atoms with Crippen LogP contribution < -0.4 is 15.4 Å². The fourth-order valence-electron chi connectivity index (χ4n) is 2.16. The summed E-state index contributed by atoms with van der Waals surface area (Å²) in [5.41, 5.74) is 1.55. The summed E-state index contributed by atoms with van der Waals surface area (Å²) in [6.07, 6.45) is 0. The quantitative estimate of drug-likeness (QED) is 0.391. The van der Waals surface area contributed by atoms with Crippen LogP contribution in [0.1, 0.15) is 6.92 Å². The van der Waals surface area contributed by atoms with Crippen LogP contribution >= 0.6 is 34.7 Å². The molecule has 3 rings (SSSR count). The summed E-state index contributed by atoms with van der Waals surface area (Å²) in [6.45, 7) is 2.00. The van der Waals surface area contributed by atoms with Crippen molar-refractivity contribution in [3.63, 3.8) is 0 Å². The first kappa shape index (κ1) is 19.5. The van der Waals surface area contributed by atoms with Gasteiger partial charge in [-0.3, -0.25) is 4.79 Å². The zero-order chi connectivity index (χ0) is 19.1. The third-order valence-corrected chi connectivity index (χ3v) is 5.49. The van der Waals surface area contributed by atoms with Crippen molar-refractivity contribution < 1.29 is 9.53 Å². The van der Waals surface area contributed by atoms with Crippen LogP contribution in [0.2, 0.25) is 5.02 Å². The van der Waals surface area contributed by atoms with Crippen LogP contribution in [0.3, 0.4) is 0 Å². The van der Waals surface area contributed by atoms with E-state index in [-0.39, 0.29) is 5.91 Å². The third kappa shape index (κ3) is 6.13. The number of thioether (sulfide) groups is 1. The lowest BCUT2D eigenvalue weighted by atomic mass is 10.3. The van der Waals surface area contributed by atoms with Gasteiger partial charge in [-0.25, -0.2) is 0 Å². The number of ether oxygens (including phenoxy) is 1. The van der Waals surface area contributed by atoms with E-state index >= 15 is 0 Å². The van der Waals surface area contributed by atoms with Crippen LogP contribution in [-0.4, -0.2) is 28.5 Å². The molecule has 0 saturated heterocycles. The molecule has 2 aromatic carbocycles. The highest BCUT2D eigenvalue weighted by atomic mass is 35.5. The van der Waals surface area contributed by atoms with Gasteiger partial charge >= 0.3 is 0 Å². The van der Waals surface area contributed by atoms with Gasteiger partial charge in [0, 0.05) is 24.1 Å². The number of hydrogen-bond acceptors (Lipinski definition) is 7. The molecular formula is C18H17ClN4O2S2. The minimum absolute atomic E-state index is 0.110. The van der Waals surface area contributed by atoms with Gasteiger partial charge in [-0.2, -0.15) is 0 Å². The number of carbonyl (C=O) groups is 1. The van der Waals surface area contributed by atoms with Gasteiger partial charge in [0.2, 0.25) is 11.0 Å². The van der Waals surface area contributed by atoms with Crippen molar-refractivity contribution in [2.75, 3.05) is 23.0 Å². The molecule has 2 N–H and O–H groups in total. The molecule has 3 aromatic rings. The smallest absolute Gasteiger partial charge is 0.221 e. The lowest BCUT2D eigenvalue weighted by Crippen LogP contribution is -2.05. The van der Waals surface area contributed by atoms with Crippen molar-refractivity contribution in [2.45, 2.75) is 11.3 Å². The van der Waals surface area contributed by atoms with Crippen molar-refractivity contribution in [2.24, 2.45) is 0 Å². The van der Waals surface area contributed by atoms with E-state index in [0.29, 0.717) is 22.5 Å². The number of nitrogens with zero attached hydrogens (tertiary/aromatic N) is 2. The molecule has 0 aliphatic heterocycles. The molecule has 0 fully saturated rings. The van der Waals surface area contributed by atoms with Crippen molar-refractivity contribution in [1.82, 2.24) is 10.2 Å². The molecular weight excluding hydrogens is 404 g/mol. The number of para-hydroxylation sites is 1. The van der Waals surface area contributed by atoms with E-state index in [0.717, 1.165) is 21.5 Å². The molecule has 140 valence electrons. The highest BCUT2D eigenvalue weighted by Gasteiger charge is 2.07. The van der Waals surface area contributed by atoms with Crippen LogP contribution in [0, 0.1) is 0 Å². The predicted molar refractivity (Wildman–Crippen MR) is 112 cm³/mol. The van der Waals surface area contributed by atoms with E-state index in [1.54, 1.807) is 17.8 Å². The van der Waals surface area contributed by atoms with Gasteiger partial charge in [-0.1, -0.05) is 52.9 Å². The van der Waals surface area contributed by atoms with E-state index < -0.39 is 0 Å². The fraction of sp³-hybridized carbons (Fsp3) is 0.167. The van der Waals surface area contributed by atoms with Crippen LogP contribution in [-0.2, 0) is 4.79 Å². The minimum Gasteiger partial charge on any atom is -0.491 e. The average Bonchev–Trinajstić information content (AvgIpc) is 3.07. The lowest BCUT2D eigenvalue weighted by molar-refractivity contribution is -0.114. The molecule has 0 aliphatic rings. The van der Waals surface area contributed by atoms with Crippen LogP contribution in [0.25, 0.3) is 0 Å². The largest absolute Gasteiger partial charge is 0.491 e. The van der Waals surface area contributed by atoms with Gasteiger partial charge in [-0.15, -0.1) is 10.2 Å². The van der Waals surface area contributed by atoms with Crippen LogP contribution in [0.15, 0.2) is 52.9 Å². The second kappa shape index (κ2) is 9.59. The first-order valence-electron chi connectivity index (χ1n) is 8.08. The lowest BCUT2D eigenvalue weighted by Gasteiger charge is -2.06. The normalized spacial score (nSPS) is 10.4. The number of aromatic nitrogens is 2. The number of rotatable bonds is 8. The van der Waals surface area contributed by atoms with Gasteiger partial charge in [-0.05, 0) is 30.3 Å². The molecule has 1 aromatic heterocycles. The van der Waals surface area contributed by atoms with Crippen molar-refractivity contribution in [1.29, 1.82) is 0 Å². The molecule has 9 heteroatoms. The average molecular weight is 421 g/mol. The zero-order valence-electron chi connectivity index (χ0n) is 14.4. The van der Waals surface area contributed by atoms with Crippen molar-refractivity contribution >= 4 is 57.1 Å². The fourth-order valence-corrected chi connectivity index (χ4v) is 4.01. The molecule has 6 nitrogen and oxygen atoms in total. The van der Waals surface area contributed by atoms with Crippen LogP contribution in [0.4, 0.5) is 16.5 Å². The number of carbonyl (C=O) groups excluding carboxylic acids is 1. The molecule has 27 heavy (non-hydrogen) atoms. The number of benzene rings is 2. The molecule has 0 atom stereocenters. The number of amides is 1. The SMILES string of the molecule is CC(=O)Nc1cccc(Nc2nnc(SCCOc3ccccc3Cl)s2)c1. The Morgan fingerprint density at radius 2 is 2.00 bits per heavy atom. The molecule has 0 unspecified atom stereocenters. The molecule has 1 amide bonds. The molecule has 1 heterocycles.